The van der Waals surface area contributed by atoms with Gasteiger partial charge >= 0.3 is 0 Å². The first-order valence-corrected chi connectivity index (χ1v) is 8.78. The van der Waals surface area contributed by atoms with E-state index in [2.05, 4.69) is 28.6 Å². The van der Waals surface area contributed by atoms with Crippen LogP contribution in [0.5, 0.6) is 0 Å². The summed E-state index contributed by atoms with van der Waals surface area (Å²) in [4.78, 5) is 4.57. The summed E-state index contributed by atoms with van der Waals surface area (Å²) in [7, 11) is 0. The van der Waals surface area contributed by atoms with E-state index >= 15 is 0 Å². The number of pyridine rings is 1. The molecule has 3 nitrogen and oxygen atoms in total. The van der Waals surface area contributed by atoms with Crippen LogP contribution in [0.4, 0.5) is 0 Å². The molecule has 0 bridgehead atoms. The van der Waals surface area contributed by atoms with Crippen molar-refractivity contribution in [2.24, 2.45) is 5.92 Å². The second-order valence-corrected chi connectivity index (χ2v) is 6.60. The molecule has 21 heavy (non-hydrogen) atoms. The summed E-state index contributed by atoms with van der Waals surface area (Å²) in [6, 6.07) is 5.67. The monoisotopic (exact) mass is 287 g/mol. The van der Waals surface area contributed by atoms with E-state index in [0.717, 1.165) is 24.9 Å². The van der Waals surface area contributed by atoms with Crippen molar-refractivity contribution in [3.8, 4) is 0 Å². The third kappa shape index (κ3) is 3.64. The molecule has 0 aromatic carbocycles. The Kier molecular flexibility index (Phi) is 5.26. The van der Waals surface area contributed by atoms with Crippen LogP contribution in [0.3, 0.4) is 0 Å². The van der Waals surface area contributed by atoms with E-state index in [-0.39, 0.29) is 0 Å². The molecule has 0 amide bonds. The number of aromatic nitrogens is 1. The lowest BCUT2D eigenvalue weighted by Gasteiger charge is -2.33. The molecule has 1 saturated carbocycles. The number of nitrogens with zero attached hydrogens (tertiary/aromatic N) is 1. The zero-order valence-electron chi connectivity index (χ0n) is 13.3. The normalized spacial score (nSPS) is 29.7. The molecule has 2 heterocycles. The third-order valence-corrected chi connectivity index (χ3v) is 5.33. The molecule has 1 aromatic heterocycles. The van der Waals surface area contributed by atoms with Gasteiger partial charge in [-0.1, -0.05) is 25.8 Å². The number of aryl methyl sites for hydroxylation is 1. The number of hydrogen-bond acceptors (Lipinski definition) is 3. The van der Waals surface area contributed by atoms with Gasteiger partial charge in [-0.05, 0) is 56.2 Å². The second kappa shape index (κ2) is 7.37. The standard InChI is InChI=1S/C18H29N3/c1-2-14-7-6-12-20-18(14)13-21-17-10-5-8-15(17)16-9-3-4-11-19-16/h6-7,12,15-17,19,21H,2-5,8-11,13H2,1H3. The van der Waals surface area contributed by atoms with E-state index in [1.165, 1.54) is 56.3 Å². The van der Waals surface area contributed by atoms with Gasteiger partial charge in [0.1, 0.15) is 0 Å². The van der Waals surface area contributed by atoms with Crippen LogP contribution in [0.2, 0.25) is 0 Å². The molecule has 2 N–H and O–H groups in total. The number of hydrogen-bond donors (Lipinski definition) is 2. The summed E-state index contributed by atoms with van der Waals surface area (Å²) < 4.78 is 0. The van der Waals surface area contributed by atoms with E-state index in [0.29, 0.717) is 6.04 Å². The topological polar surface area (TPSA) is 37.0 Å². The molecule has 1 aliphatic carbocycles. The molecule has 1 saturated heterocycles. The van der Waals surface area contributed by atoms with E-state index in [9.17, 15) is 0 Å². The highest BCUT2D eigenvalue weighted by molar-refractivity contribution is 5.19. The zero-order valence-corrected chi connectivity index (χ0v) is 13.3. The van der Waals surface area contributed by atoms with Crippen molar-refractivity contribution in [3.63, 3.8) is 0 Å². The van der Waals surface area contributed by atoms with Gasteiger partial charge in [-0.3, -0.25) is 4.98 Å². The summed E-state index contributed by atoms with van der Waals surface area (Å²) in [5, 5.41) is 7.57. The van der Waals surface area contributed by atoms with Gasteiger partial charge in [0.15, 0.2) is 0 Å². The number of nitrogens with one attached hydrogen (secondary N) is 2. The second-order valence-electron chi connectivity index (χ2n) is 6.60. The van der Waals surface area contributed by atoms with Gasteiger partial charge < -0.3 is 10.6 Å². The van der Waals surface area contributed by atoms with Crippen molar-refractivity contribution in [2.75, 3.05) is 6.54 Å². The number of piperidine rings is 1. The Morgan fingerprint density at radius 1 is 1.24 bits per heavy atom. The van der Waals surface area contributed by atoms with Gasteiger partial charge in [0.05, 0.1) is 5.69 Å². The molecule has 2 aliphatic rings. The molecule has 1 aromatic rings. The molecule has 0 spiro atoms. The maximum Gasteiger partial charge on any atom is 0.0573 e. The van der Waals surface area contributed by atoms with Crippen molar-refractivity contribution in [2.45, 2.75) is 70.5 Å². The van der Waals surface area contributed by atoms with Crippen LogP contribution in [0.15, 0.2) is 18.3 Å². The first-order chi connectivity index (χ1) is 10.4. The Balaban J connectivity index is 1.58. The molecule has 3 rings (SSSR count). The number of rotatable bonds is 5. The van der Waals surface area contributed by atoms with Crippen LogP contribution in [0, 0.1) is 5.92 Å². The van der Waals surface area contributed by atoms with Gasteiger partial charge in [-0.15, -0.1) is 0 Å². The average Bonchev–Trinajstić information content (AvgIpc) is 3.02. The van der Waals surface area contributed by atoms with Crippen LogP contribution in [-0.2, 0) is 13.0 Å². The third-order valence-electron chi connectivity index (χ3n) is 5.33. The largest absolute Gasteiger partial charge is 0.314 e. The minimum absolute atomic E-state index is 0.673. The lowest BCUT2D eigenvalue weighted by atomic mass is 9.88. The highest BCUT2D eigenvalue weighted by Crippen LogP contribution is 2.31. The van der Waals surface area contributed by atoms with Gasteiger partial charge in [0.2, 0.25) is 0 Å². The lowest BCUT2D eigenvalue weighted by molar-refractivity contribution is 0.256. The van der Waals surface area contributed by atoms with Gasteiger partial charge in [0.25, 0.3) is 0 Å². The van der Waals surface area contributed by atoms with Crippen LogP contribution in [-0.4, -0.2) is 23.6 Å². The van der Waals surface area contributed by atoms with Gasteiger partial charge in [0, 0.05) is 24.8 Å². The van der Waals surface area contributed by atoms with E-state index in [1.54, 1.807) is 0 Å². The van der Waals surface area contributed by atoms with Crippen molar-refractivity contribution in [1.29, 1.82) is 0 Å². The summed E-state index contributed by atoms with van der Waals surface area (Å²) >= 11 is 0. The molecule has 3 atom stereocenters. The Labute approximate surface area is 128 Å². The minimum atomic E-state index is 0.673. The predicted molar refractivity (Wildman–Crippen MR) is 87.2 cm³/mol. The Hall–Kier alpha value is -0.930. The first kappa shape index (κ1) is 15.0. The minimum Gasteiger partial charge on any atom is -0.314 e. The molecule has 2 fully saturated rings. The Morgan fingerprint density at radius 2 is 2.19 bits per heavy atom. The molecule has 116 valence electrons. The van der Waals surface area contributed by atoms with Crippen LogP contribution < -0.4 is 10.6 Å². The molecule has 1 aliphatic heterocycles. The van der Waals surface area contributed by atoms with Gasteiger partial charge in [-0.25, -0.2) is 0 Å². The summed E-state index contributed by atoms with van der Waals surface area (Å²) in [6.07, 6.45) is 11.2. The molecule has 3 unspecified atom stereocenters. The molecule has 3 heteroatoms. The summed E-state index contributed by atoms with van der Waals surface area (Å²) in [5.41, 5.74) is 2.62. The van der Waals surface area contributed by atoms with Crippen molar-refractivity contribution < 1.29 is 0 Å². The summed E-state index contributed by atoms with van der Waals surface area (Å²) in [5.74, 6) is 0.819. The molecular formula is C18H29N3. The highest BCUT2D eigenvalue weighted by atomic mass is 15.0. The van der Waals surface area contributed by atoms with Crippen molar-refractivity contribution in [1.82, 2.24) is 15.6 Å². The fourth-order valence-corrected chi connectivity index (χ4v) is 4.15. The van der Waals surface area contributed by atoms with Crippen LogP contribution >= 0.6 is 0 Å². The van der Waals surface area contributed by atoms with Gasteiger partial charge in [-0.2, -0.15) is 0 Å². The van der Waals surface area contributed by atoms with E-state index in [1.807, 2.05) is 12.3 Å². The maximum absolute atomic E-state index is 4.57. The Bertz CT molecular complexity index is 440. The van der Waals surface area contributed by atoms with Crippen LogP contribution in [0.1, 0.15) is 56.7 Å². The van der Waals surface area contributed by atoms with E-state index < -0.39 is 0 Å². The predicted octanol–water partition coefficient (Wildman–Crippen LogP) is 3.04. The highest BCUT2D eigenvalue weighted by Gasteiger charge is 2.33. The van der Waals surface area contributed by atoms with Crippen LogP contribution in [0.25, 0.3) is 0 Å². The fraction of sp³-hybridized carbons (Fsp3) is 0.722. The average molecular weight is 287 g/mol. The fourth-order valence-electron chi connectivity index (χ4n) is 4.15. The molecule has 0 radical (unpaired) electrons. The van der Waals surface area contributed by atoms with E-state index in [4.69, 9.17) is 0 Å². The quantitative estimate of drug-likeness (QED) is 0.874. The zero-order chi connectivity index (χ0) is 14.5. The first-order valence-electron chi connectivity index (χ1n) is 8.78. The van der Waals surface area contributed by atoms with Crippen molar-refractivity contribution in [3.05, 3.63) is 29.6 Å². The maximum atomic E-state index is 4.57. The van der Waals surface area contributed by atoms with Crippen molar-refractivity contribution >= 4 is 0 Å². The molecular weight excluding hydrogens is 258 g/mol. The Morgan fingerprint density at radius 3 is 3.00 bits per heavy atom. The summed E-state index contributed by atoms with van der Waals surface area (Å²) in [6.45, 7) is 4.36. The SMILES string of the molecule is CCc1cccnc1CNC1CCCC1C1CCCCN1. The smallest absolute Gasteiger partial charge is 0.0573 e. The lowest BCUT2D eigenvalue weighted by Crippen LogP contribution is -2.46.